The second-order valence-corrected chi connectivity index (χ2v) is 5.62. The average molecular weight is 256 g/mol. The van der Waals surface area contributed by atoms with Crippen molar-refractivity contribution in [2.45, 2.75) is 90.3 Å². The van der Waals surface area contributed by atoms with Crippen molar-refractivity contribution in [1.29, 1.82) is 0 Å². The summed E-state index contributed by atoms with van der Waals surface area (Å²) in [6.07, 6.45) is 11.4. The summed E-state index contributed by atoms with van der Waals surface area (Å²) in [6, 6.07) is 0. The zero-order valence-electron chi connectivity index (χ0n) is 12.7. The molecule has 0 aromatic carbocycles. The fourth-order valence-corrected chi connectivity index (χ4v) is 2.96. The molecule has 0 radical (unpaired) electrons. The van der Waals surface area contributed by atoms with Crippen LogP contribution in [0.15, 0.2) is 0 Å². The summed E-state index contributed by atoms with van der Waals surface area (Å²) in [5.41, 5.74) is 0.0272. The molecular formula is C16H32O2. The van der Waals surface area contributed by atoms with Crippen LogP contribution in [-0.4, -0.2) is 24.9 Å². The number of hydrogen-bond donors (Lipinski definition) is 0. The van der Waals surface area contributed by atoms with Crippen LogP contribution in [0.4, 0.5) is 0 Å². The van der Waals surface area contributed by atoms with Crippen molar-refractivity contribution >= 4 is 0 Å². The van der Waals surface area contributed by atoms with Gasteiger partial charge in [0.2, 0.25) is 0 Å². The van der Waals surface area contributed by atoms with Gasteiger partial charge in [0.15, 0.2) is 0 Å². The zero-order valence-corrected chi connectivity index (χ0v) is 12.7. The first-order chi connectivity index (χ1) is 8.79. The second kappa shape index (κ2) is 8.92. The Morgan fingerprint density at radius 1 is 0.889 bits per heavy atom. The molecule has 1 heterocycles. The summed E-state index contributed by atoms with van der Waals surface area (Å²) in [5, 5.41) is 0. The Morgan fingerprint density at radius 2 is 1.50 bits per heavy atom. The Morgan fingerprint density at radius 3 is 2.06 bits per heavy atom. The van der Waals surface area contributed by atoms with Gasteiger partial charge in [-0.3, -0.25) is 0 Å². The molecule has 1 unspecified atom stereocenters. The highest BCUT2D eigenvalue weighted by atomic mass is 16.6. The van der Waals surface area contributed by atoms with Crippen LogP contribution in [0.3, 0.4) is 0 Å². The first kappa shape index (κ1) is 16.0. The summed E-state index contributed by atoms with van der Waals surface area (Å²) < 4.78 is 12.3. The van der Waals surface area contributed by atoms with Gasteiger partial charge in [0.05, 0.1) is 24.9 Å². The SMILES string of the molecule is CCCCC1OCCOC1(CCCC)CCCC. The predicted octanol–water partition coefficient (Wildman–Crippen LogP) is 4.71. The highest BCUT2D eigenvalue weighted by molar-refractivity contribution is 4.91. The summed E-state index contributed by atoms with van der Waals surface area (Å²) in [5.74, 6) is 0. The van der Waals surface area contributed by atoms with Crippen molar-refractivity contribution in [3.05, 3.63) is 0 Å². The first-order valence-electron chi connectivity index (χ1n) is 8.04. The van der Waals surface area contributed by atoms with Crippen LogP contribution >= 0.6 is 0 Å². The average Bonchev–Trinajstić information content (AvgIpc) is 2.42. The lowest BCUT2D eigenvalue weighted by molar-refractivity contribution is -0.212. The third-order valence-corrected chi connectivity index (χ3v) is 4.11. The number of rotatable bonds is 9. The Bertz CT molecular complexity index is 195. The van der Waals surface area contributed by atoms with Gasteiger partial charge in [0, 0.05) is 0 Å². The molecule has 0 aliphatic carbocycles. The fourth-order valence-electron chi connectivity index (χ4n) is 2.96. The molecule has 0 amide bonds. The molecule has 0 bridgehead atoms. The van der Waals surface area contributed by atoms with E-state index < -0.39 is 0 Å². The molecule has 1 fully saturated rings. The largest absolute Gasteiger partial charge is 0.373 e. The van der Waals surface area contributed by atoms with E-state index in [1.807, 2.05) is 0 Å². The smallest absolute Gasteiger partial charge is 0.0944 e. The summed E-state index contributed by atoms with van der Waals surface area (Å²) in [7, 11) is 0. The molecule has 1 atom stereocenters. The molecule has 1 aliphatic rings. The van der Waals surface area contributed by atoms with Gasteiger partial charge in [-0.05, 0) is 19.3 Å². The molecule has 0 N–H and O–H groups in total. The van der Waals surface area contributed by atoms with Crippen molar-refractivity contribution in [2.75, 3.05) is 13.2 Å². The van der Waals surface area contributed by atoms with E-state index in [9.17, 15) is 0 Å². The van der Waals surface area contributed by atoms with Gasteiger partial charge in [-0.1, -0.05) is 59.3 Å². The maximum Gasteiger partial charge on any atom is 0.0944 e. The predicted molar refractivity (Wildman–Crippen MR) is 77.0 cm³/mol. The minimum Gasteiger partial charge on any atom is -0.373 e. The molecule has 1 rings (SSSR count). The van der Waals surface area contributed by atoms with E-state index in [4.69, 9.17) is 9.47 Å². The van der Waals surface area contributed by atoms with Crippen molar-refractivity contribution in [3.63, 3.8) is 0 Å². The highest BCUT2D eigenvalue weighted by Crippen LogP contribution is 2.36. The standard InChI is InChI=1S/C16H32O2/c1-4-7-10-15-16(11-8-5-2,12-9-6-3)18-14-13-17-15/h15H,4-14H2,1-3H3. The van der Waals surface area contributed by atoms with Gasteiger partial charge in [0.25, 0.3) is 0 Å². The quantitative estimate of drug-likeness (QED) is 0.594. The van der Waals surface area contributed by atoms with Gasteiger partial charge in [-0.2, -0.15) is 0 Å². The minimum absolute atomic E-state index is 0.0272. The van der Waals surface area contributed by atoms with Gasteiger partial charge < -0.3 is 9.47 Å². The molecule has 18 heavy (non-hydrogen) atoms. The monoisotopic (exact) mass is 256 g/mol. The van der Waals surface area contributed by atoms with Crippen LogP contribution in [0.1, 0.15) is 78.6 Å². The summed E-state index contributed by atoms with van der Waals surface area (Å²) in [6.45, 7) is 8.35. The molecule has 2 nitrogen and oxygen atoms in total. The van der Waals surface area contributed by atoms with E-state index in [-0.39, 0.29) is 5.60 Å². The molecule has 1 saturated heterocycles. The van der Waals surface area contributed by atoms with Crippen LogP contribution in [0.25, 0.3) is 0 Å². The van der Waals surface area contributed by atoms with E-state index in [0.29, 0.717) is 6.10 Å². The van der Waals surface area contributed by atoms with E-state index in [2.05, 4.69) is 20.8 Å². The van der Waals surface area contributed by atoms with Crippen LogP contribution in [0.5, 0.6) is 0 Å². The highest BCUT2D eigenvalue weighted by Gasteiger charge is 2.41. The van der Waals surface area contributed by atoms with E-state index in [1.54, 1.807) is 0 Å². The molecular weight excluding hydrogens is 224 g/mol. The molecule has 0 spiro atoms. The van der Waals surface area contributed by atoms with Crippen LogP contribution in [-0.2, 0) is 9.47 Å². The van der Waals surface area contributed by atoms with Crippen LogP contribution in [0.2, 0.25) is 0 Å². The van der Waals surface area contributed by atoms with Crippen molar-refractivity contribution < 1.29 is 9.47 Å². The number of hydrogen-bond acceptors (Lipinski definition) is 2. The fraction of sp³-hybridized carbons (Fsp3) is 1.00. The molecule has 1 aliphatic heterocycles. The molecule has 2 heteroatoms. The molecule has 108 valence electrons. The first-order valence-corrected chi connectivity index (χ1v) is 8.04. The Labute approximate surface area is 113 Å². The van der Waals surface area contributed by atoms with Crippen LogP contribution in [0, 0.1) is 0 Å². The lowest BCUT2D eigenvalue weighted by Gasteiger charge is -2.44. The van der Waals surface area contributed by atoms with Crippen molar-refractivity contribution in [1.82, 2.24) is 0 Å². The summed E-state index contributed by atoms with van der Waals surface area (Å²) >= 11 is 0. The lowest BCUT2D eigenvalue weighted by Crippen LogP contribution is -2.51. The topological polar surface area (TPSA) is 18.5 Å². The van der Waals surface area contributed by atoms with E-state index in [0.717, 1.165) is 13.2 Å². The van der Waals surface area contributed by atoms with Crippen molar-refractivity contribution in [3.8, 4) is 0 Å². The lowest BCUT2D eigenvalue weighted by atomic mass is 9.82. The van der Waals surface area contributed by atoms with Gasteiger partial charge in [-0.25, -0.2) is 0 Å². The van der Waals surface area contributed by atoms with E-state index >= 15 is 0 Å². The van der Waals surface area contributed by atoms with E-state index in [1.165, 1.54) is 57.8 Å². The summed E-state index contributed by atoms with van der Waals surface area (Å²) in [4.78, 5) is 0. The normalized spacial score (nSPS) is 23.2. The third kappa shape index (κ3) is 4.55. The van der Waals surface area contributed by atoms with Gasteiger partial charge in [0.1, 0.15) is 0 Å². The number of ether oxygens (including phenoxy) is 2. The van der Waals surface area contributed by atoms with Crippen molar-refractivity contribution in [2.24, 2.45) is 0 Å². The van der Waals surface area contributed by atoms with Crippen LogP contribution < -0.4 is 0 Å². The van der Waals surface area contributed by atoms with Gasteiger partial charge in [-0.15, -0.1) is 0 Å². The maximum absolute atomic E-state index is 6.25. The van der Waals surface area contributed by atoms with Gasteiger partial charge >= 0.3 is 0 Å². The molecule has 0 saturated carbocycles. The zero-order chi connectivity index (χ0) is 13.3. The second-order valence-electron chi connectivity index (χ2n) is 5.62. The minimum atomic E-state index is 0.0272. The molecule has 0 aromatic heterocycles. The Balaban J connectivity index is 2.65. The Hall–Kier alpha value is -0.0800. The maximum atomic E-state index is 6.25. The third-order valence-electron chi connectivity index (χ3n) is 4.11. The Kier molecular flexibility index (Phi) is 7.92. The molecule has 0 aromatic rings. The number of unbranched alkanes of at least 4 members (excludes halogenated alkanes) is 3.